The van der Waals surface area contributed by atoms with E-state index in [0.717, 1.165) is 0 Å². The lowest BCUT2D eigenvalue weighted by Gasteiger charge is -1.97. The molecule has 24 nitrogen and oxygen atoms in total. The Morgan fingerprint density at radius 1 is 0.219 bits per heavy atom. The highest BCUT2D eigenvalue weighted by molar-refractivity contribution is 6.26. The van der Waals surface area contributed by atoms with E-state index >= 15 is 0 Å². The van der Waals surface area contributed by atoms with Crippen molar-refractivity contribution >= 4 is 47.8 Å². The van der Waals surface area contributed by atoms with Gasteiger partial charge in [-0.05, 0) is 0 Å². The normalized spacial score (nSPS) is 5.50. The van der Waals surface area contributed by atoms with Crippen molar-refractivity contribution in [2.45, 2.75) is 0 Å². The van der Waals surface area contributed by atoms with Crippen LogP contribution in [0.15, 0.2) is 0 Å². The fourth-order valence-corrected chi connectivity index (χ4v) is 0. The van der Waals surface area contributed by atoms with Crippen LogP contribution >= 0.6 is 0 Å². The number of carbonyl (C=O) groups excluding carboxylic acids is 8. The molecule has 32 heavy (non-hydrogen) atoms. The second kappa shape index (κ2) is 45.3. The molecule has 0 fully saturated rings. The number of hydrogen-bond donors (Lipinski definition) is 8. The average molecular weight is 496 g/mol. The van der Waals surface area contributed by atoms with E-state index in [0.29, 0.717) is 0 Å². The molecule has 0 heterocycles. The Morgan fingerprint density at radius 3 is 0.250 bits per heavy atom. The lowest BCUT2D eigenvalue weighted by Crippen LogP contribution is -2.42. The first-order chi connectivity index (χ1) is 10.6. The first kappa shape index (κ1) is 80.5. The van der Waals surface area contributed by atoms with Crippen LogP contribution in [0.1, 0.15) is 0 Å². The molecule has 0 radical (unpaired) electrons. The molecule has 0 saturated heterocycles. The Bertz CT molecular complexity index is 408. The van der Waals surface area contributed by atoms with Crippen molar-refractivity contribution in [1.29, 1.82) is 0 Å². The molecule has 0 aromatic heterocycles. The van der Waals surface area contributed by atoms with Crippen molar-refractivity contribution in [3.63, 3.8) is 0 Å². The summed E-state index contributed by atoms with van der Waals surface area (Å²) in [5.41, 5.74) is 0. The zero-order valence-electron chi connectivity index (χ0n) is 18.5. The highest BCUT2D eigenvalue weighted by atomic mass is 16.5. The molecule has 0 atom stereocenters. The lowest BCUT2D eigenvalue weighted by molar-refractivity contribution is -0.345. The molecule has 0 amide bonds. The van der Waals surface area contributed by atoms with Crippen LogP contribution in [-0.4, -0.2) is 47.8 Å². The molecule has 0 spiro atoms. The number of quaternary nitrogens is 8. The highest BCUT2D eigenvalue weighted by Gasteiger charge is 1.76. The number of aliphatic carboxylic acids is 8. The topological polar surface area (TPSA) is 613 Å². The Morgan fingerprint density at radius 2 is 0.250 bits per heavy atom. The van der Waals surface area contributed by atoms with Gasteiger partial charge in [0.25, 0.3) is 0 Å². The van der Waals surface area contributed by atoms with Gasteiger partial charge >= 0.3 is 0 Å². The number of carboxylic acid groups (broad SMARTS) is 8. The van der Waals surface area contributed by atoms with Crippen LogP contribution in [0.25, 0.3) is 0 Å². The van der Waals surface area contributed by atoms with Crippen molar-refractivity contribution < 1.29 is 79.2 Å². The standard InChI is InChI=1S/4C2H2O4.8H3N/c4*3-1(4)2(5)6;;;;;;;;/h4*(H,3,4)(H,5,6);8*1H3. The van der Waals surface area contributed by atoms with Crippen LogP contribution in [0.5, 0.6) is 0 Å². The molecule has 0 aliphatic carbocycles. The summed E-state index contributed by atoms with van der Waals surface area (Å²) in [7, 11) is 0. The summed E-state index contributed by atoms with van der Waals surface area (Å²) < 4.78 is 0. The largest absolute Gasteiger partial charge is 0.543 e. The van der Waals surface area contributed by atoms with Crippen molar-refractivity contribution in [3.05, 3.63) is 0 Å². The van der Waals surface area contributed by atoms with E-state index in [1.54, 1.807) is 0 Å². The van der Waals surface area contributed by atoms with Gasteiger partial charge in [-0.25, -0.2) is 0 Å². The van der Waals surface area contributed by atoms with E-state index in [9.17, 15) is 0 Å². The van der Waals surface area contributed by atoms with E-state index in [4.69, 9.17) is 79.2 Å². The van der Waals surface area contributed by atoms with Crippen molar-refractivity contribution in [1.82, 2.24) is 49.2 Å². The summed E-state index contributed by atoms with van der Waals surface area (Å²) in [5.74, 6) is -17.5. The second-order valence-corrected chi connectivity index (χ2v) is 2.30. The van der Waals surface area contributed by atoms with E-state index in [2.05, 4.69) is 0 Å². The van der Waals surface area contributed by atoms with E-state index in [-0.39, 0.29) is 49.2 Å². The maximum absolute atomic E-state index is 8.93. The van der Waals surface area contributed by atoms with E-state index in [1.165, 1.54) is 0 Å². The van der Waals surface area contributed by atoms with Crippen LogP contribution in [0.3, 0.4) is 0 Å². The fraction of sp³-hybridized carbons (Fsp3) is 0. The molecule has 24 heteroatoms. The zero-order valence-corrected chi connectivity index (χ0v) is 18.5. The van der Waals surface area contributed by atoms with Crippen molar-refractivity contribution in [2.75, 3.05) is 0 Å². The Balaban J connectivity index is -0.0000000154. The van der Waals surface area contributed by atoms with Crippen LogP contribution < -0.4 is 90.1 Å². The smallest absolute Gasteiger partial charge is 0.0870 e. The van der Waals surface area contributed by atoms with E-state index in [1.807, 2.05) is 0 Å². The van der Waals surface area contributed by atoms with Gasteiger partial charge in [0.2, 0.25) is 0 Å². The van der Waals surface area contributed by atoms with Gasteiger partial charge in [-0.3, -0.25) is 0 Å². The molecule has 0 aromatic rings. The molecular weight excluding hydrogens is 464 g/mol. The van der Waals surface area contributed by atoms with Gasteiger partial charge in [-0.1, -0.05) is 0 Å². The van der Waals surface area contributed by atoms with Crippen molar-refractivity contribution in [3.8, 4) is 0 Å². The molecular formula is C8H32N8O16. The maximum Gasteiger partial charge on any atom is 0.0870 e. The number of carboxylic acids is 8. The predicted molar refractivity (Wildman–Crippen MR) is 87.9 cm³/mol. The van der Waals surface area contributed by atoms with Crippen LogP contribution in [0, 0.1) is 0 Å². The van der Waals surface area contributed by atoms with Crippen LogP contribution in [-0.2, 0) is 38.4 Å². The Kier molecular flexibility index (Phi) is 114. The number of rotatable bonds is 0. The Labute approximate surface area is 177 Å². The predicted octanol–water partition coefficient (Wildman–Crippen LogP) is -11.0. The number of carbonyl (C=O) groups is 8. The summed E-state index contributed by atoms with van der Waals surface area (Å²) in [6.45, 7) is 0. The zero-order chi connectivity index (χ0) is 20.6. The maximum atomic E-state index is 8.93. The van der Waals surface area contributed by atoms with Gasteiger partial charge in [0, 0.05) is 0 Å². The average Bonchev–Trinajstić information content (AvgIpc) is 2.40. The van der Waals surface area contributed by atoms with Gasteiger partial charge in [0.1, 0.15) is 0 Å². The molecule has 0 unspecified atom stereocenters. The second-order valence-electron chi connectivity index (χ2n) is 2.30. The van der Waals surface area contributed by atoms with Gasteiger partial charge in [-0.15, -0.1) is 0 Å². The number of hydrogen-bond acceptors (Lipinski definition) is 16. The molecule has 0 rings (SSSR count). The molecule has 0 saturated carbocycles. The third-order valence-electron chi connectivity index (χ3n) is 0.667. The molecule has 0 bridgehead atoms. The monoisotopic (exact) mass is 496 g/mol. The third-order valence-corrected chi connectivity index (χ3v) is 0.667. The minimum Gasteiger partial charge on any atom is -0.543 e. The SMILES string of the molecule is O=C([O-])C(=O)[O-].O=C([O-])C(=O)[O-].O=C([O-])C(=O)[O-].O=C([O-])C(=O)[O-].[NH4+].[NH4+].[NH4+].[NH4+].[NH4+].[NH4+].[NH4+].[NH4+]. The van der Waals surface area contributed by atoms with Crippen LogP contribution in [0.2, 0.25) is 0 Å². The molecule has 0 aliphatic heterocycles. The fourth-order valence-electron chi connectivity index (χ4n) is 0. The van der Waals surface area contributed by atoms with Gasteiger partial charge < -0.3 is 128 Å². The van der Waals surface area contributed by atoms with E-state index < -0.39 is 47.8 Å². The summed E-state index contributed by atoms with van der Waals surface area (Å²) in [5, 5.41) is 71.4. The summed E-state index contributed by atoms with van der Waals surface area (Å²) >= 11 is 0. The quantitative estimate of drug-likeness (QED) is 0.144. The first-order valence-corrected chi connectivity index (χ1v) is 4.27. The van der Waals surface area contributed by atoms with Gasteiger partial charge in [0.05, 0.1) is 47.8 Å². The Hall–Kier alpha value is -4.56. The highest BCUT2D eigenvalue weighted by Crippen LogP contribution is 1.42. The lowest BCUT2D eigenvalue weighted by atomic mass is 10.7. The van der Waals surface area contributed by atoms with Gasteiger partial charge in [0.15, 0.2) is 0 Å². The first-order valence-electron chi connectivity index (χ1n) is 4.27. The molecule has 0 aliphatic rings. The molecule has 200 valence electrons. The molecule has 0 aromatic carbocycles. The summed E-state index contributed by atoms with van der Waals surface area (Å²) in [6, 6.07) is 0. The minimum atomic E-state index is -2.19. The summed E-state index contributed by atoms with van der Waals surface area (Å²) in [6.07, 6.45) is 0. The van der Waals surface area contributed by atoms with Gasteiger partial charge in [-0.2, -0.15) is 0 Å². The third kappa shape index (κ3) is 116. The van der Waals surface area contributed by atoms with Crippen LogP contribution in [0.4, 0.5) is 0 Å². The minimum absolute atomic E-state index is 0. The van der Waals surface area contributed by atoms with Crippen molar-refractivity contribution in [2.24, 2.45) is 0 Å². The summed E-state index contributed by atoms with van der Waals surface area (Å²) in [4.78, 5) is 71.4. The molecule has 32 N–H and O–H groups in total.